The molecule has 4 atom stereocenters. The molecule has 3 aliphatic rings. The highest BCUT2D eigenvalue weighted by Gasteiger charge is 2.59. The van der Waals surface area contributed by atoms with Crippen LogP contribution in [0.5, 0.6) is 5.75 Å². The number of ether oxygens (including phenoxy) is 2. The highest BCUT2D eigenvalue weighted by Crippen LogP contribution is 2.53. The van der Waals surface area contributed by atoms with Crippen molar-refractivity contribution in [2.75, 3.05) is 12.0 Å². The minimum Gasteiger partial charge on any atom is -0.489 e. The number of nitrogens with zero attached hydrogens (tertiary/aromatic N) is 1. The van der Waals surface area contributed by atoms with Crippen LogP contribution < -0.4 is 9.64 Å². The number of carbonyl (C=O) groups is 3. The molecule has 2 fully saturated rings. The van der Waals surface area contributed by atoms with E-state index < -0.39 is 0 Å². The first kappa shape index (κ1) is 18.6. The van der Waals surface area contributed by atoms with Crippen molar-refractivity contribution in [3.8, 4) is 5.75 Å². The molecule has 6 heteroatoms. The first-order valence-corrected chi connectivity index (χ1v) is 10.0. The zero-order chi connectivity index (χ0) is 20.8. The number of benzene rings is 2. The number of fused-ring (bicyclic) bond motifs is 5. The maximum Gasteiger partial charge on any atom is 0.337 e. The fraction of sp³-hybridized carbons (Fsp3) is 0.292. The van der Waals surface area contributed by atoms with Gasteiger partial charge in [-0.2, -0.15) is 0 Å². The summed E-state index contributed by atoms with van der Waals surface area (Å²) in [4.78, 5) is 38.6. The Kier molecular flexibility index (Phi) is 4.42. The number of rotatable bonds is 5. The van der Waals surface area contributed by atoms with Crippen LogP contribution in [-0.4, -0.2) is 24.9 Å². The quantitative estimate of drug-likeness (QED) is 0.435. The number of hydrogen-bond donors (Lipinski definition) is 0. The van der Waals surface area contributed by atoms with Gasteiger partial charge >= 0.3 is 5.97 Å². The molecule has 1 saturated heterocycles. The third kappa shape index (κ3) is 2.91. The van der Waals surface area contributed by atoms with Gasteiger partial charge in [0.05, 0.1) is 30.2 Å². The molecule has 2 amide bonds. The maximum atomic E-state index is 12.9. The van der Waals surface area contributed by atoms with Crippen molar-refractivity contribution in [2.45, 2.75) is 13.0 Å². The Morgan fingerprint density at radius 1 is 0.933 bits per heavy atom. The van der Waals surface area contributed by atoms with Crippen LogP contribution in [0.15, 0.2) is 60.7 Å². The molecule has 0 radical (unpaired) electrons. The molecule has 2 aliphatic carbocycles. The topological polar surface area (TPSA) is 72.9 Å². The van der Waals surface area contributed by atoms with Crippen LogP contribution in [0.1, 0.15) is 22.3 Å². The highest BCUT2D eigenvalue weighted by atomic mass is 16.5. The normalized spacial score (nSPS) is 26.2. The van der Waals surface area contributed by atoms with Crippen LogP contribution in [0.3, 0.4) is 0 Å². The Hall–Kier alpha value is -3.41. The highest BCUT2D eigenvalue weighted by molar-refractivity contribution is 6.22. The summed E-state index contributed by atoms with van der Waals surface area (Å²) in [6, 6.07) is 14.0. The van der Waals surface area contributed by atoms with Gasteiger partial charge in [0.25, 0.3) is 0 Å². The van der Waals surface area contributed by atoms with E-state index in [9.17, 15) is 14.4 Å². The maximum absolute atomic E-state index is 12.9. The van der Waals surface area contributed by atoms with Crippen LogP contribution >= 0.6 is 0 Å². The second kappa shape index (κ2) is 7.13. The summed E-state index contributed by atoms with van der Waals surface area (Å²) in [5.41, 5.74) is 1.99. The summed E-state index contributed by atoms with van der Waals surface area (Å²) in [6.45, 7) is 0.335. The molecule has 1 saturated carbocycles. The van der Waals surface area contributed by atoms with Crippen LogP contribution in [-0.2, 0) is 20.9 Å². The van der Waals surface area contributed by atoms with Crippen LogP contribution in [0, 0.1) is 23.7 Å². The van der Waals surface area contributed by atoms with E-state index in [1.54, 1.807) is 36.4 Å². The number of hydrogen-bond acceptors (Lipinski definition) is 5. The van der Waals surface area contributed by atoms with Gasteiger partial charge in [-0.05, 0) is 60.2 Å². The molecule has 2 aromatic carbocycles. The van der Waals surface area contributed by atoms with Crippen LogP contribution in [0.2, 0.25) is 0 Å². The number of anilines is 1. The first-order valence-electron chi connectivity index (χ1n) is 10.0. The first-order chi connectivity index (χ1) is 14.6. The number of imide groups is 1. The average molecular weight is 403 g/mol. The lowest BCUT2D eigenvalue weighted by Gasteiger charge is -2.17. The number of esters is 1. The van der Waals surface area contributed by atoms with Crippen molar-refractivity contribution in [2.24, 2.45) is 23.7 Å². The Labute approximate surface area is 174 Å². The Morgan fingerprint density at radius 3 is 2.10 bits per heavy atom. The second-order valence-corrected chi connectivity index (χ2v) is 7.98. The molecule has 1 aliphatic heterocycles. The van der Waals surface area contributed by atoms with Gasteiger partial charge in [0, 0.05) is 0 Å². The molecule has 0 N–H and O–H groups in total. The number of amides is 2. The van der Waals surface area contributed by atoms with Gasteiger partial charge in [-0.25, -0.2) is 4.79 Å². The van der Waals surface area contributed by atoms with Crippen molar-refractivity contribution < 1.29 is 23.9 Å². The molecule has 2 bridgehead atoms. The van der Waals surface area contributed by atoms with E-state index >= 15 is 0 Å². The van der Waals surface area contributed by atoms with Crippen molar-refractivity contribution in [3.05, 3.63) is 71.8 Å². The monoisotopic (exact) mass is 403 g/mol. The lowest BCUT2D eigenvalue weighted by atomic mass is 9.85. The summed E-state index contributed by atoms with van der Waals surface area (Å²) in [7, 11) is 1.35. The number of carbonyl (C=O) groups excluding carboxylic acids is 3. The fourth-order valence-electron chi connectivity index (χ4n) is 4.87. The molecule has 0 aromatic heterocycles. The number of allylic oxidation sites excluding steroid dienone is 2. The van der Waals surface area contributed by atoms with Crippen LogP contribution in [0.25, 0.3) is 0 Å². The van der Waals surface area contributed by atoms with Gasteiger partial charge in [-0.3, -0.25) is 14.5 Å². The summed E-state index contributed by atoms with van der Waals surface area (Å²) in [5.74, 6) is 0.105. The lowest BCUT2D eigenvalue weighted by molar-refractivity contribution is -0.123. The fourth-order valence-corrected chi connectivity index (χ4v) is 4.87. The van der Waals surface area contributed by atoms with Crippen molar-refractivity contribution in [1.82, 2.24) is 0 Å². The minimum atomic E-state index is -0.378. The van der Waals surface area contributed by atoms with Crippen molar-refractivity contribution >= 4 is 23.5 Å². The molecule has 4 unspecified atom stereocenters. The molecule has 152 valence electrons. The summed E-state index contributed by atoms with van der Waals surface area (Å²) in [5, 5.41) is 0. The molecular formula is C24H21NO5. The lowest BCUT2D eigenvalue weighted by Crippen LogP contribution is -2.32. The molecule has 1 heterocycles. The molecule has 6 nitrogen and oxygen atoms in total. The predicted octanol–water partition coefficient (Wildman–Crippen LogP) is 3.36. The van der Waals surface area contributed by atoms with E-state index in [0.717, 1.165) is 12.0 Å². The minimum absolute atomic E-state index is 0.0822. The molecule has 30 heavy (non-hydrogen) atoms. The third-order valence-corrected chi connectivity index (χ3v) is 6.35. The smallest absolute Gasteiger partial charge is 0.337 e. The van der Waals surface area contributed by atoms with E-state index in [1.807, 2.05) is 12.1 Å². The third-order valence-electron chi connectivity index (χ3n) is 6.35. The van der Waals surface area contributed by atoms with Gasteiger partial charge in [0.2, 0.25) is 11.8 Å². The Balaban J connectivity index is 1.25. The van der Waals surface area contributed by atoms with E-state index in [4.69, 9.17) is 4.74 Å². The summed E-state index contributed by atoms with van der Waals surface area (Å²) < 4.78 is 10.5. The molecule has 0 spiro atoms. The zero-order valence-electron chi connectivity index (χ0n) is 16.5. The van der Waals surface area contributed by atoms with E-state index in [2.05, 4.69) is 16.9 Å². The molecule has 5 rings (SSSR count). The second-order valence-electron chi connectivity index (χ2n) is 7.98. The van der Waals surface area contributed by atoms with Crippen molar-refractivity contribution in [3.63, 3.8) is 0 Å². The average Bonchev–Trinajstić information content (AvgIpc) is 3.46. The van der Waals surface area contributed by atoms with E-state index in [0.29, 0.717) is 23.6 Å². The Bertz CT molecular complexity index is 1010. The SMILES string of the molecule is COC(=O)c1ccc(COc2ccc(N3C(=O)C4C5C=CC(C5)C4C3=O)cc2)cc1. The van der Waals surface area contributed by atoms with Gasteiger partial charge in [-0.1, -0.05) is 24.3 Å². The van der Waals surface area contributed by atoms with Gasteiger partial charge < -0.3 is 9.47 Å². The largest absolute Gasteiger partial charge is 0.489 e. The molecular weight excluding hydrogens is 382 g/mol. The zero-order valence-corrected chi connectivity index (χ0v) is 16.5. The van der Waals surface area contributed by atoms with E-state index in [-0.39, 0.29) is 41.5 Å². The van der Waals surface area contributed by atoms with Gasteiger partial charge in [-0.15, -0.1) is 0 Å². The summed E-state index contributed by atoms with van der Waals surface area (Å²) >= 11 is 0. The van der Waals surface area contributed by atoms with Gasteiger partial charge in [0.1, 0.15) is 12.4 Å². The summed E-state index contributed by atoms with van der Waals surface area (Å²) in [6.07, 6.45) is 5.11. The Morgan fingerprint density at radius 2 is 1.53 bits per heavy atom. The standard InChI is InChI=1S/C24H21NO5/c1-29-24(28)15-4-2-14(3-5-15)13-30-19-10-8-18(9-11-19)25-22(26)20-16-6-7-17(12-16)21(20)23(25)27/h2-11,16-17,20-21H,12-13H2,1H3. The number of methoxy groups -OCH3 is 1. The predicted molar refractivity (Wildman–Crippen MR) is 109 cm³/mol. The van der Waals surface area contributed by atoms with Gasteiger partial charge in [0.15, 0.2) is 0 Å². The van der Waals surface area contributed by atoms with Crippen LogP contribution in [0.4, 0.5) is 5.69 Å². The molecule has 2 aromatic rings. The van der Waals surface area contributed by atoms with E-state index in [1.165, 1.54) is 12.0 Å². The van der Waals surface area contributed by atoms with Crippen molar-refractivity contribution in [1.29, 1.82) is 0 Å².